The van der Waals surface area contributed by atoms with Gasteiger partial charge in [-0.05, 0) is 64.5 Å². The van der Waals surface area contributed by atoms with Crippen molar-refractivity contribution < 1.29 is 9.21 Å². The third-order valence-electron chi connectivity index (χ3n) is 3.16. The summed E-state index contributed by atoms with van der Waals surface area (Å²) in [6.07, 6.45) is 1.41. The largest absolute Gasteiger partial charge is 0.447 e. The fourth-order valence-corrected chi connectivity index (χ4v) is 3.54. The Morgan fingerprint density at radius 1 is 1.07 bits per heavy atom. The lowest BCUT2D eigenvalue weighted by Gasteiger charge is -2.03. The number of halogens is 3. The number of hydrogen-bond acceptors (Lipinski definition) is 4. The predicted octanol–water partition coefficient (Wildman–Crippen LogP) is 6.66. The normalized spacial score (nSPS) is 10.9. The van der Waals surface area contributed by atoms with Gasteiger partial charge < -0.3 is 9.73 Å². The molecular formula is C18H12BrCl2N3O2S. The van der Waals surface area contributed by atoms with Gasteiger partial charge >= 0.3 is 6.03 Å². The molecule has 0 aliphatic carbocycles. The van der Waals surface area contributed by atoms with E-state index >= 15 is 0 Å². The average molecular weight is 485 g/mol. The van der Waals surface area contributed by atoms with Gasteiger partial charge in [0.2, 0.25) is 0 Å². The fraction of sp³-hybridized carbons (Fsp3) is 0. The molecule has 27 heavy (non-hydrogen) atoms. The van der Waals surface area contributed by atoms with Crippen LogP contribution in [0.4, 0.5) is 10.5 Å². The molecule has 2 amide bonds. The summed E-state index contributed by atoms with van der Waals surface area (Å²) in [4.78, 5) is 12.8. The molecule has 1 aromatic heterocycles. The zero-order chi connectivity index (χ0) is 19.2. The molecule has 0 radical (unpaired) electrons. The van der Waals surface area contributed by atoms with Gasteiger partial charge in [0.15, 0.2) is 5.09 Å². The lowest BCUT2D eigenvalue weighted by atomic mass is 10.3. The third kappa shape index (κ3) is 6.04. The lowest BCUT2D eigenvalue weighted by Crippen LogP contribution is -2.24. The van der Waals surface area contributed by atoms with E-state index in [1.807, 2.05) is 24.3 Å². The Morgan fingerprint density at radius 2 is 1.70 bits per heavy atom. The summed E-state index contributed by atoms with van der Waals surface area (Å²) in [5, 5.41) is 8.44. The molecule has 3 aromatic rings. The lowest BCUT2D eigenvalue weighted by molar-refractivity contribution is 0.252. The highest BCUT2D eigenvalue weighted by Crippen LogP contribution is 2.35. The number of anilines is 1. The second-order valence-electron chi connectivity index (χ2n) is 5.17. The number of nitrogens with zero attached hydrogens (tertiary/aromatic N) is 1. The van der Waals surface area contributed by atoms with Gasteiger partial charge in [-0.3, -0.25) is 0 Å². The second kappa shape index (κ2) is 9.32. The Kier molecular flexibility index (Phi) is 6.84. The first kappa shape index (κ1) is 19.8. The number of carbonyl (C=O) groups excluding carboxylic acids is 1. The van der Waals surface area contributed by atoms with E-state index in [2.05, 4.69) is 31.8 Å². The maximum atomic E-state index is 11.8. The van der Waals surface area contributed by atoms with Gasteiger partial charge in [0.1, 0.15) is 5.76 Å². The summed E-state index contributed by atoms with van der Waals surface area (Å²) in [7, 11) is 0. The molecule has 2 N–H and O–H groups in total. The Labute approximate surface area is 178 Å². The van der Waals surface area contributed by atoms with Crippen LogP contribution < -0.4 is 10.7 Å². The van der Waals surface area contributed by atoms with Crippen LogP contribution in [0.1, 0.15) is 5.76 Å². The summed E-state index contributed by atoms with van der Waals surface area (Å²) in [6.45, 7) is 0. The molecular weight excluding hydrogens is 473 g/mol. The van der Waals surface area contributed by atoms with E-state index in [1.54, 1.807) is 30.3 Å². The highest BCUT2D eigenvalue weighted by Gasteiger charge is 2.10. The van der Waals surface area contributed by atoms with Crippen molar-refractivity contribution in [2.75, 3.05) is 5.32 Å². The van der Waals surface area contributed by atoms with Crippen molar-refractivity contribution in [1.82, 2.24) is 5.43 Å². The zero-order valence-electron chi connectivity index (χ0n) is 13.6. The molecule has 0 fully saturated rings. The van der Waals surface area contributed by atoms with E-state index in [1.165, 1.54) is 18.0 Å². The monoisotopic (exact) mass is 483 g/mol. The van der Waals surface area contributed by atoms with E-state index < -0.39 is 6.03 Å². The maximum Gasteiger partial charge on any atom is 0.339 e. The standard InChI is InChI=1S/C18H12BrCl2N3O2S/c19-16-9-14(26-17(16)27-15-7-3-12(21)4-8-15)10-22-24-18(25)23-13-5-1-11(20)2-6-13/h1-10H,(H2,23,24,25)/b22-10+. The molecule has 138 valence electrons. The van der Waals surface area contributed by atoms with Gasteiger partial charge in [0, 0.05) is 26.7 Å². The summed E-state index contributed by atoms with van der Waals surface area (Å²) in [5.74, 6) is 0.491. The van der Waals surface area contributed by atoms with Gasteiger partial charge in [-0.1, -0.05) is 35.0 Å². The fourth-order valence-electron chi connectivity index (χ4n) is 1.96. The number of hydrogen-bond donors (Lipinski definition) is 2. The minimum atomic E-state index is -0.477. The Bertz CT molecular complexity index is 960. The van der Waals surface area contributed by atoms with Crippen molar-refractivity contribution in [3.05, 3.63) is 74.9 Å². The Hall–Kier alpha value is -1.93. The number of urea groups is 1. The predicted molar refractivity (Wildman–Crippen MR) is 113 cm³/mol. The molecule has 5 nitrogen and oxygen atoms in total. The number of amides is 2. The number of rotatable bonds is 5. The van der Waals surface area contributed by atoms with E-state index in [4.69, 9.17) is 27.6 Å². The van der Waals surface area contributed by atoms with Crippen molar-refractivity contribution >= 4 is 68.8 Å². The van der Waals surface area contributed by atoms with Crippen molar-refractivity contribution in [2.24, 2.45) is 5.10 Å². The van der Waals surface area contributed by atoms with Crippen LogP contribution in [-0.4, -0.2) is 12.2 Å². The molecule has 0 bridgehead atoms. The first-order valence-corrected chi connectivity index (χ1v) is 9.94. The molecule has 0 saturated heterocycles. The highest BCUT2D eigenvalue weighted by molar-refractivity contribution is 9.10. The van der Waals surface area contributed by atoms with Gasteiger partial charge in [0.25, 0.3) is 0 Å². The zero-order valence-corrected chi connectivity index (χ0v) is 17.5. The number of benzene rings is 2. The second-order valence-corrected chi connectivity index (χ2v) is 7.94. The van der Waals surface area contributed by atoms with E-state index in [9.17, 15) is 4.79 Å². The van der Waals surface area contributed by atoms with Crippen LogP contribution in [0.25, 0.3) is 0 Å². The van der Waals surface area contributed by atoms with Gasteiger partial charge in [-0.25, -0.2) is 10.2 Å². The summed E-state index contributed by atoms with van der Waals surface area (Å²) in [5.41, 5.74) is 2.97. The van der Waals surface area contributed by atoms with Crippen LogP contribution >= 0.6 is 50.9 Å². The molecule has 0 saturated carbocycles. The maximum absolute atomic E-state index is 11.8. The molecule has 0 unspecified atom stereocenters. The van der Waals surface area contributed by atoms with Crippen molar-refractivity contribution in [2.45, 2.75) is 9.99 Å². The smallest absolute Gasteiger partial charge is 0.339 e. The number of nitrogens with one attached hydrogen (secondary N) is 2. The van der Waals surface area contributed by atoms with Crippen LogP contribution in [0.3, 0.4) is 0 Å². The quantitative estimate of drug-likeness (QED) is 0.314. The Balaban J connectivity index is 1.56. The molecule has 9 heteroatoms. The number of hydrazone groups is 1. The van der Waals surface area contributed by atoms with Crippen molar-refractivity contribution in [3.63, 3.8) is 0 Å². The highest BCUT2D eigenvalue weighted by atomic mass is 79.9. The summed E-state index contributed by atoms with van der Waals surface area (Å²) >= 11 is 16.6. The van der Waals surface area contributed by atoms with Gasteiger partial charge in [-0.15, -0.1) is 0 Å². The van der Waals surface area contributed by atoms with Gasteiger partial charge in [0.05, 0.1) is 10.7 Å². The topological polar surface area (TPSA) is 66.6 Å². The van der Waals surface area contributed by atoms with E-state index in [0.717, 1.165) is 9.37 Å². The van der Waals surface area contributed by atoms with Gasteiger partial charge in [-0.2, -0.15) is 5.10 Å². The van der Waals surface area contributed by atoms with Crippen molar-refractivity contribution in [1.29, 1.82) is 0 Å². The van der Waals surface area contributed by atoms with E-state index in [0.29, 0.717) is 26.6 Å². The van der Waals surface area contributed by atoms with Crippen LogP contribution in [0.5, 0.6) is 0 Å². The van der Waals surface area contributed by atoms with Crippen LogP contribution in [0, 0.1) is 0 Å². The molecule has 0 spiro atoms. The summed E-state index contributed by atoms with van der Waals surface area (Å²) < 4.78 is 6.50. The molecule has 0 aliphatic heterocycles. The molecule has 2 aromatic carbocycles. The average Bonchev–Trinajstić information content (AvgIpc) is 2.98. The number of carbonyl (C=O) groups is 1. The van der Waals surface area contributed by atoms with Crippen LogP contribution in [-0.2, 0) is 0 Å². The first-order chi connectivity index (χ1) is 13.0. The molecule has 0 atom stereocenters. The summed E-state index contributed by atoms with van der Waals surface area (Å²) in [6, 6.07) is 15.5. The Morgan fingerprint density at radius 3 is 2.37 bits per heavy atom. The first-order valence-electron chi connectivity index (χ1n) is 7.58. The minimum absolute atomic E-state index is 0.477. The molecule has 0 aliphatic rings. The van der Waals surface area contributed by atoms with Crippen LogP contribution in [0.2, 0.25) is 10.0 Å². The van der Waals surface area contributed by atoms with Crippen LogP contribution in [0.15, 0.2) is 78.6 Å². The minimum Gasteiger partial charge on any atom is -0.447 e. The van der Waals surface area contributed by atoms with E-state index in [-0.39, 0.29) is 0 Å². The number of furan rings is 1. The van der Waals surface area contributed by atoms with Crippen molar-refractivity contribution in [3.8, 4) is 0 Å². The SMILES string of the molecule is O=C(N/N=C/c1cc(Br)c(Sc2ccc(Cl)cc2)o1)Nc1ccc(Cl)cc1. The molecule has 1 heterocycles. The molecule has 3 rings (SSSR count). The third-order valence-corrected chi connectivity index (χ3v) is 5.51.